The van der Waals surface area contributed by atoms with Crippen LogP contribution in [0.25, 0.3) is 11.4 Å². The molecule has 0 spiro atoms. The van der Waals surface area contributed by atoms with Crippen molar-refractivity contribution in [3.05, 3.63) is 41.2 Å². The van der Waals surface area contributed by atoms with Crippen LogP contribution < -0.4 is 21.5 Å². The van der Waals surface area contributed by atoms with Crippen LogP contribution in [0.2, 0.25) is 0 Å². The van der Waals surface area contributed by atoms with Crippen molar-refractivity contribution < 1.29 is 21.5 Å². The van der Waals surface area contributed by atoms with E-state index in [1.807, 2.05) is 6.20 Å². The minimum Gasteiger partial charge on any atom is -1.00 e. The number of nitrogens with one attached hydrogen (secondary N) is 1. The largest absolute Gasteiger partial charge is 1.00 e. The molecule has 0 aliphatic carbocycles. The molecule has 0 amide bonds. The first-order valence-electron chi connectivity index (χ1n) is 6.28. The minimum absolute atomic E-state index is 0. The first-order chi connectivity index (χ1) is 8.13. The van der Waals surface area contributed by atoms with Crippen molar-refractivity contribution in [1.29, 1.82) is 0 Å². The molecule has 0 aliphatic rings. The Morgan fingerprint density at radius 1 is 1.11 bits per heavy atom. The van der Waals surface area contributed by atoms with Gasteiger partial charge in [0, 0.05) is 0 Å². The molecule has 0 bridgehead atoms. The van der Waals surface area contributed by atoms with Crippen LogP contribution in [0.3, 0.4) is 0 Å². The van der Waals surface area contributed by atoms with E-state index >= 15 is 0 Å². The van der Waals surface area contributed by atoms with Gasteiger partial charge in [-0.05, 0) is 38.3 Å². The highest BCUT2D eigenvalue weighted by molar-refractivity contribution is 5.63. The summed E-state index contributed by atoms with van der Waals surface area (Å²) in [5, 5.41) is 0. The van der Waals surface area contributed by atoms with Gasteiger partial charge in [0.05, 0.1) is 12.1 Å². The maximum Gasteiger partial charge on any atom is 0.287 e. The molecule has 2 aromatic rings. The van der Waals surface area contributed by atoms with Gasteiger partial charge in [-0.15, -0.1) is 0 Å². The molecule has 0 atom stereocenters. The predicted molar refractivity (Wildman–Crippen MR) is 70.9 cm³/mol. The molecular formula is C15H21BrN2. The molecule has 0 aliphatic heterocycles. The van der Waals surface area contributed by atoms with Crippen LogP contribution >= 0.6 is 0 Å². The Bertz CT molecular complexity index is 506. The van der Waals surface area contributed by atoms with Gasteiger partial charge in [-0.1, -0.05) is 24.6 Å². The average molecular weight is 309 g/mol. The molecule has 1 aromatic heterocycles. The number of hydrogen-bond acceptors (Lipinski definition) is 0. The SMILES string of the molecule is CCC[n+]1cc[nH]c1-c1c(C)cc(C)cc1C.[Br-]. The lowest BCUT2D eigenvalue weighted by atomic mass is 9.99. The topological polar surface area (TPSA) is 19.7 Å². The van der Waals surface area contributed by atoms with Gasteiger partial charge in [-0.3, -0.25) is 0 Å². The number of aromatic nitrogens is 2. The summed E-state index contributed by atoms with van der Waals surface area (Å²) in [6.07, 6.45) is 5.29. The number of halogens is 1. The average Bonchev–Trinajstić information content (AvgIpc) is 2.65. The monoisotopic (exact) mass is 308 g/mol. The Balaban J connectivity index is 0.00000162. The second-order valence-electron chi connectivity index (χ2n) is 4.78. The third-order valence-corrected chi connectivity index (χ3v) is 3.14. The standard InChI is InChI=1S/C15H20N2.BrH/c1-5-7-17-8-6-16-15(17)14-12(3)9-11(2)10-13(14)4;/h6,8-10H,5,7H2,1-4H3;1H. The molecule has 2 nitrogen and oxygen atoms in total. The van der Waals surface area contributed by atoms with E-state index in [0.29, 0.717) is 0 Å². The summed E-state index contributed by atoms with van der Waals surface area (Å²) in [6, 6.07) is 4.50. The third-order valence-electron chi connectivity index (χ3n) is 3.14. The van der Waals surface area contributed by atoms with Gasteiger partial charge in [0.1, 0.15) is 12.4 Å². The molecule has 0 fully saturated rings. The van der Waals surface area contributed by atoms with Crippen molar-refractivity contribution in [2.24, 2.45) is 0 Å². The summed E-state index contributed by atoms with van der Waals surface area (Å²) >= 11 is 0. The lowest BCUT2D eigenvalue weighted by molar-refractivity contribution is -0.684. The van der Waals surface area contributed by atoms with Crippen molar-refractivity contribution >= 4 is 0 Å². The minimum atomic E-state index is 0. The summed E-state index contributed by atoms with van der Waals surface area (Å²) in [5.41, 5.74) is 5.36. The second kappa shape index (κ2) is 6.19. The molecule has 98 valence electrons. The molecule has 1 aromatic carbocycles. The van der Waals surface area contributed by atoms with Crippen molar-refractivity contribution in [2.75, 3.05) is 0 Å². The van der Waals surface area contributed by atoms with Gasteiger partial charge in [-0.25, -0.2) is 9.55 Å². The van der Waals surface area contributed by atoms with Crippen molar-refractivity contribution in [3.8, 4) is 11.4 Å². The van der Waals surface area contributed by atoms with Gasteiger partial charge in [0.2, 0.25) is 0 Å². The zero-order valence-corrected chi connectivity index (χ0v) is 13.1. The molecule has 0 saturated heterocycles. The lowest BCUT2D eigenvalue weighted by Crippen LogP contribution is -3.00. The van der Waals surface area contributed by atoms with Crippen LogP contribution in [0.15, 0.2) is 24.5 Å². The fourth-order valence-electron chi connectivity index (χ4n) is 2.56. The fourth-order valence-corrected chi connectivity index (χ4v) is 2.56. The molecule has 1 N–H and O–H groups in total. The van der Waals surface area contributed by atoms with E-state index in [-0.39, 0.29) is 17.0 Å². The molecule has 0 unspecified atom stereocenters. The van der Waals surface area contributed by atoms with Crippen LogP contribution in [0.4, 0.5) is 0 Å². The smallest absolute Gasteiger partial charge is 0.287 e. The van der Waals surface area contributed by atoms with Gasteiger partial charge in [-0.2, -0.15) is 0 Å². The summed E-state index contributed by atoms with van der Waals surface area (Å²) in [4.78, 5) is 3.37. The Labute approximate surface area is 120 Å². The predicted octanol–water partition coefficient (Wildman–Crippen LogP) is 0.308. The fraction of sp³-hybridized carbons (Fsp3) is 0.400. The summed E-state index contributed by atoms with van der Waals surface area (Å²) < 4.78 is 2.30. The van der Waals surface area contributed by atoms with Crippen molar-refractivity contribution in [3.63, 3.8) is 0 Å². The first-order valence-corrected chi connectivity index (χ1v) is 6.28. The number of nitrogens with zero attached hydrogens (tertiary/aromatic N) is 1. The van der Waals surface area contributed by atoms with E-state index in [0.717, 1.165) is 13.0 Å². The molecule has 0 saturated carbocycles. The molecule has 0 radical (unpaired) electrons. The first kappa shape index (κ1) is 15.0. The van der Waals surface area contributed by atoms with Crippen molar-refractivity contribution in [2.45, 2.75) is 40.7 Å². The molecule has 1 heterocycles. The van der Waals surface area contributed by atoms with Gasteiger partial charge in [0.15, 0.2) is 0 Å². The number of rotatable bonds is 3. The highest BCUT2D eigenvalue weighted by atomic mass is 79.9. The van der Waals surface area contributed by atoms with E-state index in [9.17, 15) is 0 Å². The number of hydrogen-bond donors (Lipinski definition) is 1. The maximum absolute atomic E-state index is 3.37. The lowest BCUT2D eigenvalue weighted by Gasteiger charge is -2.08. The maximum atomic E-state index is 3.37. The van der Waals surface area contributed by atoms with E-state index < -0.39 is 0 Å². The van der Waals surface area contributed by atoms with Crippen LogP contribution in [0, 0.1) is 20.8 Å². The number of aromatic amines is 1. The Hall–Kier alpha value is -1.09. The van der Waals surface area contributed by atoms with Gasteiger partial charge < -0.3 is 17.0 Å². The van der Waals surface area contributed by atoms with Crippen LogP contribution in [0.1, 0.15) is 30.0 Å². The van der Waals surface area contributed by atoms with E-state index in [1.165, 1.54) is 28.1 Å². The van der Waals surface area contributed by atoms with E-state index in [4.69, 9.17) is 0 Å². The van der Waals surface area contributed by atoms with E-state index in [1.54, 1.807) is 0 Å². The Morgan fingerprint density at radius 2 is 1.72 bits per heavy atom. The van der Waals surface area contributed by atoms with Crippen molar-refractivity contribution in [1.82, 2.24) is 4.98 Å². The summed E-state index contributed by atoms with van der Waals surface area (Å²) in [6.45, 7) is 9.79. The number of H-pyrrole nitrogens is 1. The number of benzene rings is 1. The molecule has 2 rings (SSSR count). The highest BCUT2D eigenvalue weighted by Crippen LogP contribution is 2.24. The number of imidazole rings is 1. The zero-order chi connectivity index (χ0) is 12.4. The zero-order valence-electron chi connectivity index (χ0n) is 11.5. The van der Waals surface area contributed by atoms with Gasteiger partial charge in [0.25, 0.3) is 5.82 Å². The molecular weight excluding hydrogens is 288 g/mol. The summed E-state index contributed by atoms with van der Waals surface area (Å²) in [7, 11) is 0. The Kier molecular flexibility index (Phi) is 5.15. The van der Waals surface area contributed by atoms with Crippen LogP contribution in [0.5, 0.6) is 0 Å². The highest BCUT2D eigenvalue weighted by Gasteiger charge is 2.17. The second-order valence-corrected chi connectivity index (χ2v) is 4.78. The van der Waals surface area contributed by atoms with Crippen LogP contribution in [-0.2, 0) is 6.54 Å². The summed E-state index contributed by atoms with van der Waals surface area (Å²) in [5.74, 6) is 1.22. The van der Waals surface area contributed by atoms with Gasteiger partial charge >= 0.3 is 0 Å². The third kappa shape index (κ3) is 2.83. The van der Waals surface area contributed by atoms with Crippen LogP contribution in [-0.4, -0.2) is 4.98 Å². The molecule has 18 heavy (non-hydrogen) atoms. The molecule has 3 heteroatoms. The van der Waals surface area contributed by atoms with E-state index in [2.05, 4.69) is 55.6 Å². The number of aryl methyl sites for hydroxylation is 4. The normalized spacial score (nSPS) is 10.2. The quantitative estimate of drug-likeness (QED) is 0.788. The Morgan fingerprint density at radius 3 is 2.28 bits per heavy atom.